The summed E-state index contributed by atoms with van der Waals surface area (Å²) in [6, 6.07) is 4.16. The zero-order chi connectivity index (χ0) is 22.7. The Morgan fingerprint density at radius 3 is 2.26 bits per heavy atom. The average molecular weight is 429 g/mol. The number of carbonyl (C=O) groups excluding carboxylic acids is 1. The first-order valence-electron chi connectivity index (χ1n) is 11.4. The van der Waals surface area contributed by atoms with Gasteiger partial charge in [-0.2, -0.15) is 0 Å². The maximum absolute atomic E-state index is 12.8. The van der Waals surface area contributed by atoms with Crippen LogP contribution in [0.4, 0.5) is 4.79 Å². The predicted octanol–water partition coefficient (Wildman–Crippen LogP) is 4.14. The van der Waals surface area contributed by atoms with E-state index in [0.29, 0.717) is 24.3 Å². The van der Waals surface area contributed by atoms with Crippen LogP contribution in [0.3, 0.4) is 0 Å². The van der Waals surface area contributed by atoms with Crippen LogP contribution in [0.1, 0.15) is 66.0 Å². The molecule has 2 aromatic rings. The normalized spacial score (nSPS) is 24.1. The van der Waals surface area contributed by atoms with Crippen LogP contribution in [0, 0.1) is 17.3 Å². The standard InChI is InChI=1S/C24H36N4O3/c1-23(2,3)14-28-19-9-8-18(25-20(19)26(7)21(28)29)15-10-16-12-27(13-17(16)11-15)22(30)31-24(4,5)6/h8-9,15-17H,10-14H2,1-7H3. The zero-order valence-corrected chi connectivity index (χ0v) is 19.9. The lowest BCUT2D eigenvalue weighted by molar-refractivity contribution is 0.0279. The molecule has 7 nitrogen and oxygen atoms in total. The number of hydrogen-bond acceptors (Lipinski definition) is 4. The molecule has 2 aliphatic rings. The van der Waals surface area contributed by atoms with Gasteiger partial charge in [-0.05, 0) is 63.0 Å². The molecule has 31 heavy (non-hydrogen) atoms. The van der Waals surface area contributed by atoms with E-state index in [-0.39, 0.29) is 17.2 Å². The average Bonchev–Trinajstić information content (AvgIpc) is 3.27. The number of ether oxygens (including phenoxy) is 1. The number of amides is 1. The molecule has 1 saturated carbocycles. The van der Waals surface area contributed by atoms with Crippen molar-refractivity contribution in [3.63, 3.8) is 0 Å². The summed E-state index contributed by atoms with van der Waals surface area (Å²) in [6.07, 6.45) is 1.85. The zero-order valence-electron chi connectivity index (χ0n) is 19.9. The van der Waals surface area contributed by atoms with Crippen LogP contribution in [-0.2, 0) is 18.3 Å². The van der Waals surface area contributed by atoms with Gasteiger partial charge in [-0.25, -0.2) is 14.6 Å². The molecule has 2 aromatic heterocycles. The van der Waals surface area contributed by atoms with Crippen molar-refractivity contribution >= 4 is 17.3 Å². The third-order valence-electron chi connectivity index (χ3n) is 6.46. The van der Waals surface area contributed by atoms with Gasteiger partial charge >= 0.3 is 11.8 Å². The van der Waals surface area contributed by atoms with Crippen LogP contribution >= 0.6 is 0 Å². The van der Waals surface area contributed by atoms with Crippen molar-refractivity contribution in [3.8, 4) is 0 Å². The van der Waals surface area contributed by atoms with Crippen LogP contribution in [0.5, 0.6) is 0 Å². The van der Waals surface area contributed by atoms with E-state index in [0.717, 1.165) is 42.8 Å². The third kappa shape index (κ3) is 4.37. The topological polar surface area (TPSA) is 69.4 Å². The molecule has 1 amide bonds. The van der Waals surface area contributed by atoms with Crippen LogP contribution in [0.15, 0.2) is 16.9 Å². The molecule has 170 valence electrons. The van der Waals surface area contributed by atoms with Crippen LogP contribution < -0.4 is 5.69 Å². The minimum atomic E-state index is -0.462. The minimum Gasteiger partial charge on any atom is -0.444 e. The van der Waals surface area contributed by atoms with Gasteiger partial charge in [0.1, 0.15) is 5.60 Å². The van der Waals surface area contributed by atoms with Gasteiger partial charge in [0.2, 0.25) is 0 Å². The third-order valence-corrected chi connectivity index (χ3v) is 6.46. The second-order valence-electron chi connectivity index (χ2n) is 11.6. The number of likely N-dealkylation sites (tertiary alicyclic amines) is 1. The number of carbonyl (C=O) groups is 1. The monoisotopic (exact) mass is 428 g/mol. The van der Waals surface area contributed by atoms with Gasteiger partial charge < -0.3 is 9.64 Å². The maximum Gasteiger partial charge on any atom is 0.410 e. The molecule has 0 N–H and O–H groups in total. The lowest BCUT2D eigenvalue weighted by Crippen LogP contribution is -2.36. The molecular weight excluding hydrogens is 392 g/mol. The Balaban J connectivity index is 1.50. The Hall–Kier alpha value is -2.31. The SMILES string of the molecule is Cn1c(=O)n(CC(C)(C)C)c2ccc(C3CC4CN(C(=O)OC(C)(C)C)CC4C3)nc21. The van der Waals surface area contributed by atoms with Gasteiger partial charge in [-0.3, -0.25) is 9.13 Å². The molecule has 4 rings (SSSR count). The Labute approximate surface area is 184 Å². The summed E-state index contributed by atoms with van der Waals surface area (Å²) in [5.41, 5.74) is 2.27. The first-order chi connectivity index (χ1) is 14.3. The van der Waals surface area contributed by atoms with E-state index >= 15 is 0 Å². The molecule has 1 aliphatic heterocycles. The van der Waals surface area contributed by atoms with Crippen molar-refractivity contribution in [3.05, 3.63) is 28.3 Å². The molecule has 1 saturated heterocycles. The van der Waals surface area contributed by atoms with Crippen LogP contribution in [0.25, 0.3) is 11.2 Å². The number of hydrogen-bond donors (Lipinski definition) is 0. The summed E-state index contributed by atoms with van der Waals surface area (Å²) >= 11 is 0. The molecular formula is C24H36N4O3. The molecule has 0 radical (unpaired) electrons. The fourth-order valence-corrected chi connectivity index (χ4v) is 5.16. The molecule has 7 heteroatoms. The van der Waals surface area contributed by atoms with E-state index in [2.05, 4.69) is 32.9 Å². The highest BCUT2D eigenvalue weighted by Gasteiger charge is 2.44. The molecule has 2 unspecified atom stereocenters. The van der Waals surface area contributed by atoms with Crippen molar-refractivity contribution in [2.75, 3.05) is 13.1 Å². The number of aromatic nitrogens is 3. The summed E-state index contributed by atoms with van der Waals surface area (Å²) in [6.45, 7) is 14.3. The fraction of sp³-hybridized carbons (Fsp3) is 0.708. The summed E-state index contributed by atoms with van der Waals surface area (Å²) in [5, 5.41) is 0. The lowest BCUT2D eigenvalue weighted by Gasteiger charge is -2.25. The van der Waals surface area contributed by atoms with E-state index in [1.54, 1.807) is 4.57 Å². The van der Waals surface area contributed by atoms with Gasteiger partial charge in [0.25, 0.3) is 0 Å². The first-order valence-corrected chi connectivity index (χ1v) is 11.4. The van der Waals surface area contributed by atoms with Crippen LogP contribution in [-0.4, -0.2) is 43.8 Å². The molecule has 0 spiro atoms. The molecule has 0 aromatic carbocycles. The second kappa shape index (κ2) is 7.38. The van der Waals surface area contributed by atoms with Crippen molar-refractivity contribution < 1.29 is 9.53 Å². The van der Waals surface area contributed by atoms with E-state index in [1.807, 2.05) is 37.3 Å². The number of fused-ring (bicyclic) bond motifs is 2. The number of pyridine rings is 1. The summed E-state index contributed by atoms with van der Waals surface area (Å²) in [5.74, 6) is 1.36. The highest BCUT2D eigenvalue weighted by atomic mass is 16.6. The number of rotatable bonds is 2. The highest BCUT2D eigenvalue weighted by molar-refractivity contribution is 5.72. The molecule has 2 atom stereocenters. The Kier molecular flexibility index (Phi) is 5.22. The van der Waals surface area contributed by atoms with E-state index in [9.17, 15) is 9.59 Å². The highest BCUT2D eigenvalue weighted by Crippen LogP contribution is 2.46. The molecule has 0 bridgehead atoms. The van der Waals surface area contributed by atoms with Gasteiger partial charge in [-0.1, -0.05) is 20.8 Å². The van der Waals surface area contributed by atoms with Crippen molar-refractivity contribution in [2.24, 2.45) is 24.3 Å². The van der Waals surface area contributed by atoms with E-state index in [1.165, 1.54) is 0 Å². The Bertz CT molecular complexity index is 1040. The minimum absolute atomic E-state index is 0.00845. The predicted molar refractivity (Wildman–Crippen MR) is 121 cm³/mol. The van der Waals surface area contributed by atoms with Crippen molar-refractivity contribution in [1.29, 1.82) is 0 Å². The maximum atomic E-state index is 12.8. The van der Waals surface area contributed by atoms with Crippen molar-refractivity contribution in [2.45, 2.75) is 72.4 Å². The Morgan fingerprint density at radius 2 is 1.71 bits per heavy atom. The summed E-state index contributed by atoms with van der Waals surface area (Å²) in [4.78, 5) is 32.0. The van der Waals surface area contributed by atoms with Gasteiger partial charge in [-0.15, -0.1) is 0 Å². The number of aryl methyl sites for hydroxylation is 1. The molecule has 1 aliphatic carbocycles. The second-order valence-corrected chi connectivity index (χ2v) is 11.6. The quantitative estimate of drug-likeness (QED) is 0.721. The number of imidazole rings is 1. The fourth-order valence-electron chi connectivity index (χ4n) is 5.16. The summed E-state index contributed by atoms with van der Waals surface area (Å²) < 4.78 is 9.06. The van der Waals surface area contributed by atoms with Gasteiger partial charge in [0, 0.05) is 38.3 Å². The summed E-state index contributed by atoms with van der Waals surface area (Å²) in [7, 11) is 1.81. The first kappa shape index (κ1) is 21.9. The molecule has 3 heterocycles. The van der Waals surface area contributed by atoms with Crippen LogP contribution in [0.2, 0.25) is 0 Å². The lowest BCUT2D eigenvalue weighted by atomic mass is 9.97. The van der Waals surface area contributed by atoms with Gasteiger partial charge in [0.05, 0.1) is 5.52 Å². The molecule has 2 fully saturated rings. The smallest absolute Gasteiger partial charge is 0.410 e. The van der Waals surface area contributed by atoms with Gasteiger partial charge in [0.15, 0.2) is 5.65 Å². The Morgan fingerprint density at radius 1 is 1.10 bits per heavy atom. The van der Waals surface area contributed by atoms with Crippen molar-refractivity contribution in [1.82, 2.24) is 19.0 Å². The van der Waals surface area contributed by atoms with E-state index in [4.69, 9.17) is 9.72 Å². The number of nitrogens with zero attached hydrogens (tertiary/aromatic N) is 4. The van der Waals surface area contributed by atoms with E-state index < -0.39 is 5.60 Å². The largest absolute Gasteiger partial charge is 0.444 e.